The van der Waals surface area contributed by atoms with Gasteiger partial charge in [-0.2, -0.15) is 0 Å². The van der Waals surface area contributed by atoms with Gasteiger partial charge in [0.1, 0.15) is 16.9 Å². The summed E-state index contributed by atoms with van der Waals surface area (Å²) in [6.45, 7) is 8.28. The Morgan fingerprint density at radius 2 is 1.69 bits per heavy atom. The average Bonchev–Trinajstić information content (AvgIpc) is 3.46. The molecule has 2 aromatic carbocycles. The molecule has 216 valence electrons. The molecule has 0 radical (unpaired) electrons. The van der Waals surface area contributed by atoms with Crippen molar-refractivity contribution in [3.05, 3.63) is 86.8 Å². The fourth-order valence-corrected chi connectivity index (χ4v) is 6.77. The zero-order chi connectivity index (χ0) is 29.5. The molecule has 1 saturated heterocycles. The highest BCUT2D eigenvalue weighted by Crippen LogP contribution is 2.39. The summed E-state index contributed by atoms with van der Waals surface area (Å²) < 4.78 is 2.03. The normalized spacial score (nSPS) is 16.4. The molecule has 1 atom stereocenters. The SMILES string of the molecule is Cc1sc2c(c1C)C(c1ccc(Cl)cc1)=N[C@@H](CC(=O)Nc1ccc(N3CCN(C(=O)O)CC3)cc1)c1nnc(C)n1-2. The molecule has 0 spiro atoms. The number of nitrogens with one attached hydrogen (secondary N) is 1. The molecule has 2 amide bonds. The number of aliphatic imine (C=N–C) groups is 1. The number of rotatable bonds is 5. The molecular weight excluding hydrogens is 574 g/mol. The lowest BCUT2D eigenvalue weighted by Gasteiger charge is -2.34. The van der Waals surface area contributed by atoms with E-state index in [1.807, 2.05) is 60.0 Å². The van der Waals surface area contributed by atoms with E-state index >= 15 is 0 Å². The van der Waals surface area contributed by atoms with Crippen molar-refractivity contribution >= 4 is 52.0 Å². The number of carboxylic acid groups (broad SMARTS) is 1. The number of nitrogens with zero attached hydrogens (tertiary/aromatic N) is 6. The number of fused-ring (bicyclic) bond motifs is 3. The van der Waals surface area contributed by atoms with Gasteiger partial charge in [0.15, 0.2) is 5.82 Å². The van der Waals surface area contributed by atoms with E-state index in [0.29, 0.717) is 42.7 Å². The summed E-state index contributed by atoms with van der Waals surface area (Å²) in [4.78, 5) is 34.5. The number of halogens is 1. The smallest absolute Gasteiger partial charge is 0.407 e. The Balaban J connectivity index is 1.26. The van der Waals surface area contributed by atoms with Crippen LogP contribution in [0.5, 0.6) is 0 Å². The molecule has 0 aliphatic carbocycles. The lowest BCUT2D eigenvalue weighted by Crippen LogP contribution is -2.48. The summed E-state index contributed by atoms with van der Waals surface area (Å²) in [5.41, 5.74) is 5.54. The van der Waals surface area contributed by atoms with Crippen molar-refractivity contribution in [2.45, 2.75) is 33.2 Å². The van der Waals surface area contributed by atoms with Crippen molar-refractivity contribution < 1.29 is 14.7 Å². The Labute approximate surface area is 252 Å². The standard InChI is InChI=1S/C30H30ClN7O3S/c1-17-18(2)42-29-26(17)27(20-4-6-21(31)7-5-20)33-24(28-35-34-19(3)38(28)29)16-25(39)32-22-8-10-23(11-9-22)36-12-14-37(15-13-36)30(40)41/h4-11,24H,12-16H2,1-3H3,(H,32,39)(H,40,41)/t24-/m0/s1. The van der Waals surface area contributed by atoms with Gasteiger partial charge in [0.2, 0.25) is 5.91 Å². The molecule has 0 unspecified atom stereocenters. The number of thiophene rings is 1. The fraction of sp³-hybridized carbons (Fsp3) is 0.300. The summed E-state index contributed by atoms with van der Waals surface area (Å²) in [5.74, 6) is 1.18. The van der Waals surface area contributed by atoms with E-state index in [4.69, 9.17) is 16.6 Å². The molecule has 42 heavy (non-hydrogen) atoms. The van der Waals surface area contributed by atoms with Crippen LogP contribution in [0.15, 0.2) is 53.5 Å². The van der Waals surface area contributed by atoms with Crippen LogP contribution in [0, 0.1) is 20.8 Å². The van der Waals surface area contributed by atoms with Crippen LogP contribution in [0.25, 0.3) is 5.00 Å². The van der Waals surface area contributed by atoms with Gasteiger partial charge in [0, 0.05) is 58.6 Å². The van der Waals surface area contributed by atoms with Gasteiger partial charge in [0.25, 0.3) is 0 Å². The number of anilines is 2. The minimum Gasteiger partial charge on any atom is -0.465 e. The van der Waals surface area contributed by atoms with Gasteiger partial charge in [-0.05, 0) is 62.7 Å². The van der Waals surface area contributed by atoms with E-state index in [2.05, 4.69) is 34.3 Å². The molecule has 4 heterocycles. The molecule has 2 aromatic heterocycles. The molecule has 1 fully saturated rings. The first-order chi connectivity index (χ1) is 20.2. The molecule has 2 aliphatic heterocycles. The van der Waals surface area contributed by atoms with Crippen LogP contribution in [0.1, 0.15) is 45.7 Å². The van der Waals surface area contributed by atoms with Gasteiger partial charge in [0.05, 0.1) is 12.1 Å². The van der Waals surface area contributed by atoms with Crippen molar-refractivity contribution in [2.24, 2.45) is 4.99 Å². The second-order valence-electron chi connectivity index (χ2n) is 10.5. The fourth-order valence-electron chi connectivity index (χ4n) is 5.43. The molecule has 2 N–H and O–H groups in total. The van der Waals surface area contributed by atoms with Gasteiger partial charge < -0.3 is 20.2 Å². The maximum atomic E-state index is 13.4. The van der Waals surface area contributed by atoms with Crippen molar-refractivity contribution in [1.82, 2.24) is 19.7 Å². The number of hydrogen-bond donors (Lipinski definition) is 2. The third-order valence-electron chi connectivity index (χ3n) is 7.80. The summed E-state index contributed by atoms with van der Waals surface area (Å²) in [5, 5.41) is 22.7. The molecule has 2 aliphatic rings. The maximum Gasteiger partial charge on any atom is 0.407 e. The van der Waals surface area contributed by atoms with Gasteiger partial charge in [-0.1, -0.05) is 23.7 Å². The predicted octanol–water partition coefficient (Wildman–Crippen LogP) is 5.63. The van der Waals surface area contributed by atoms with E-state index in [-0.39, 0.29) is 12.3 Å². The van der Waals surface area contributed by atoms with Crippen molar-refractivity contribution in [1.29, 1.82) is 0 Å². The minimum absolute atomic E-state index is 0.0844. The van der Waals surface area contributed by atoms with Gasteiger partial charge >= 0.3 is 6.09 Å². The van der Waals surface area contributed by atoms with Gasteiger partial charge in [-0.25, -0.2) is 4.79 Å². The zero-order valence-corrected chi connectivity index (χ0v) is 25.0. The second kappa shape index (κ2) is 11.2. The van der Waals surface area contributed by atoms with E-state index in [1.165, 1.54) is 9.78 Å². The first kappa shape index (κ1) is 27.9. The quantitative estimate of drug-likeness (QED) is 0.305. The highest BCUT2D eigenvalue weighted by Gasteiger charge is 2.32. The number of aryl methyl sites for hydroxylation is 2. The molecule has 12 heteroatoms. The largest absolute Gasteiger partial charge is 0.465 e. The summed E-state index contributed by atoms with van der Waals surface area (Å²) in [6, 6.07) is 14.7. The van der Waals surface area contributed by atoms with Crippen molar-refractivity contribution in [3.8, 4) is 5.00 Å². The number of carbonyl (C=O) groups is 2. The highest BCUT2D eigenvalue weighted by molar-refractivity contribution is 7.15. The third kappa shape index (κ3) is 5.25. The second-order valence-corrected chi connectivity index (χ2v) is 12.1. The Morgan fingerprint density at radius 1 is 1.00 bits per heavy atom. The van der Waals surface area contributed by atoms with Crippen LogP contribution >= 0.6 is 22.9 Å². The number of benzene rings is 2. The lowest BCUT2D eigenvalue weighted by molar-refractivity contribution is -0.116. The van der Waals surface area contributed by atoms with Crippen molar-refractivity contribution in [3.63, 3.8) is 0 Å². The first-order valence-electron chi connectivity index (χ1n) is 13.7. The van der Waals surface area contributed by atoms with Crippen LogP contribution in [0.2, 0.25) is 5.02 Å². The van der Waals surface area contributed by atoms with Crippen LogP contribution in [-0.2, 0) is 4.79 Å². The van der Waals surface area contributed by atoms with Crippen LogP contribution in [0.3, 0.4) is 0 Å². The van der Waals surface area contributed by atoms with Gasteiger partial charge in [-0.3, -0.25) is 14.4 Å². The van der Waals surface area contributed by atoms with E-state index in [1.54, 1.807) is 11.3 Å². The third-order valence-corrected chi connectivity index (χ3v) is 9.25. The number of amides is 2. The van der Waals surface area contributed by atoms with Crippen LogP contribution < -0.4 is 10.2 Å². The molecule has 10 nitrogen and oxygen atoms in total. The predicted molar refractivity (Wildman–Crippen MR) is 165 cm³/mol. The summed E-state index contributed by atoms with van der Waals surface area (Å²) in [7, 11) is 0. The average molecular weight is 604 g/mol. The number of carbonyl (C=O) groups excluding carboxylic acids is 1. The lowest BCUT2D eigenvalue weighted by atomic mass is 9.99. The van der Waals surface area contributed by atoms with Gasteiger partial charge in [-0.15, -0.1) is 21.5 Å². The highest BCUT2D eigenvalue weighted by atomic mass is 35.5. The monoisotopic (exact) mass is 603 g/mol. The molecular formula is C30H30ClN7O3S. The number of hydrogen-bond acceptors (Lipinski definition) is 7. The maximum absolute atomic E-state index is 13.4. The number of piperazine rings is 1. The molecule has 0 saturated carbocycles. The molecule has 0 bridgehead atoms. The zero-order valence-electron chi connectivity index (χ0n) is 23.5. The van der Waals surface area contributed by atoms with E-state index in [9.17, 15) is 14.7 Å². The Hall–Kier alpha value is -4.22. The summed E-state index contributed by atoms with van der Waals surface area (Å²) in [6.07, 6.45) is -0.804. The summed E-state index contributed by atoms with van der Waals surface area (Å²) >= 11 is 7.87. The van der Waals surface area contributed by atoms with Crippen LogP contribution in [0.4, 0.5) is 16.2 Å². The first-order valence-corrected chi connectivity index (χ1v) is 14.9. The molecule has 4 aromatic rings. The minimum atomic E-state index is -0.889. The number of aromatic nitrogens is 3. The Kier molecular flexibility index (Phi) is 7.46. The van der Waals surface area contributed by atoms with Crippen molar-refractivity contribution in [2.75, 3.05) is 36.4 Å². The topological polar surface area (TPSA) is 116 Å². The Bertz CT molecular complexity index is 1690. The Morgan fingerprint density at radius 3 is 2.36 bits per heavy atom. The van der Waals surface area contributed by atoms with E-state index in [0.717, 1.165) is 38.9 Å². The van der Waals surface area contributed by atoms with Crippen LogP contribution in [-0.4, -0.2) is 68.7 Å². The van der Waals surface area contributed by atoms with E-state index < -0.39 is 12.1 Å². The molecule has 6 rings (SSSR count).